The highest BCUT2D eigenvalue weighted by Gasteiger charge is 2.16. The van der Waals surface area contributed by atoms with E-state index in [2.05, 4.69) is 31.2 Å². The van der Waals surface area contributed by atoms with Gasteiger partial charge in [0.25, 0.3) is 0 Å². The van der Waals surface area contributed by atoms with E-state index in [0.29, 0.717) is 15.1 Å². The highest BCUT2D eigenvalue weighted by Crippen LogP contribution is 2.42. The Morgan fingerprint density at radius 3 is 1.29 bits per heavy atom. The molecule has 24 heavy (non-hydrogen) atoms. The summed E-state index contributed by atoms with van der Waals surface area (Å²) in [7, 11) is 0. The molecule has 0 aliphatic heterocycles. The third kappa shape index (κ3) is 3.32. The van der Waals surface area contributed by atoms with E-state index in [1.807, 2.05) is 38.1 Å². The van der Waals surface area contributed by atoms with Gasteiger partial charge in [0.2, 0.25) is 0 Å². The van der Waals surface area contributed by atoms with Gasteiger partial charge in [-0.2, -0.15) is 0 Å². The maximum atomic E-state index is 6.78. The molecule has 0 saturated carbocycles. The van der Waals surface area contributed by atoms with Crippen LogP contribution in [0.2, 0.25) is 15.1 Å². The monoisotopic (exact) mass is 374 g/mol. The second-order valence-electron chi connectivity index (χ2n) is 6.14. The van der Waals surface area contributed by atoms with Gasteiger partial charge in [-0.1, -0.05) is 58.1 Å². The number of aryl methyl sites for hydroxylation is 3. The Morgan fingerprint density at radius 1 is 0.500 bits per heavy atom. The Morgan fingerprint density at radius 2 is 0.875 bits per heavy atom. The number of hydrogen-bond donors (Lipinski definition) is 0. The van der Waals surface area contributed by atoms with E-state index < -0.39 is 0 Å². The molecule has 0 atom stereocenters. The second-order valence-corrected chi connectivity index (χ2v) is 7.33. The summed E-state index contributed by atoms with van der Waals surface area (Å²) in [4.78, 5) is 0. The van der Waals surface area contributed by atoms with Crippen molar-refractivity contribution in [1.29, 1.82) is 0 Å². The number of hydrogen-bond acceptors (Lipinski definition) is 0. The average Bonchev–Trinajstić information content (AvgIpc) is 2.54. The summed E-state index contributed by atoms with van der Waals surface area (Å²) in [5.74, 6) is 0. The molecule has 0 aliphatic rings. The lowest BCUT2D eigenvalue weighted by Gasteiger charge is -2.15. The first-order valence-electron chi connectivity index (χ1n) is 7.70. The fourth-order valence-electron chi connectivity index (χ4n) is 2.85. The van der Waals surface area contributed by atoms with E-state index in [4.69, 9.17) is 34.8 Å². The van der Waals surface area contributed by atoms with Gasteiger partial charge < -0.3 is 0 Å². The summed E-state index contributed by atoms with van der Waals surface area (Å²) in [6.07, 6.45) is 0. The summed E-state index contributed by atoms with van der Waals surface area (Å²) < 4.78 is 0. The Kier molecular flexibility index (Phi) is 4.92. The Labute approximate surface area is 158 Å². The molecule has 0 unspecified atom stereocenters. The van der Waals surface area contributed by atoms with Crippen molar-refractivity contribution in [3.63, 3.8) is 0 Å². The molecule has 3 aromatic rings. The Bertz CT molecular complexity index is 854. The van der Waals surface area contributed by atoms with Crippen molar-refractivity contribution in [2.75, 3.05) is 0 Å². The summed E-state index contributed by atoms with van der Waals surface area (Å²) in [5.41, 5.74) is 7.13. The minimum absolute atomic E-state index is 0.667. The molecule has 122 valence electrons. The lowest BCUT2D eigenvalue weighted by Crippen LogP contribution is -1.90. The van der Waals surface area contributed by atoms with Crippen LogP contribution in [0.3, 0.4) is 0 Å². The molecule has 0 bridgehead atoms. The van der Waals surface area contributed by atoms with E-state index in [1.54, 1.807) is 0 Å². The predicted octanol–water partition coefficient (Wildman–Crippen LogP) is 7.91. The molecule has 3 rings (SSSR count). The Hall–Kier alpha value is -1.47. The smallest absolute Gasteiger partial charge is 0.0564 e. The quantitative estimate of drug-likeness (QED) is 0.427. The van der Waals surface area contributed by atoms with Crippen molar-refractivity contribution in [2.45, 2.75) is 20.8 Å². The summed E-state index contributed by atoms with van der Waals surface area (Å²) in [5, 5.41) is 2.05. The minimum atomic E-state index is 0.667. The second kappa shape index (κ2) is 6.80. The lowest BCUT2D eigenvalue weighted by molar-refractivity contribution is 1.42. The molecule has 0 aromatic heterocycles. The van der Waals surface area contributed by atoms with Gasteiger partial charge >= 0.3 is 0 Å². The van der Waals surface area contributed by atoms with E-state index >= 15 is 0 Å². The van der Waals surface area contributed by atoms with Crippen LogP contribution in [0.25, 0.3) is 22.3 Å². The SMILES string of the molecule is Cc1ccc(Cl)c(-c2cc(C)cc(-c3cc(C)ccc3Cl)c2Cl)c1. The van der Waals surface area contributed by atoms with Crippen molar-refractivity contribution in [1.82, 2.24) is 0 Å². The Balaban J connectivity index is 2.30. The first kappa shape index (κ1) is 17.4. The molecular weight excluding hydrogens is 359 g/mol. The molecule has 0 amide bonds. The zero-order valence-electron chi connectivity index (χ0n) is 13.8. The van der Waals surface area contributed by atoms with E-state index in [-0.39, 0.29) is 0 Å². The maximum absolute atomic E-state index is 6.78. The van der Waals surface area contributed by atoms with Gasteiger partial charge in [-0.15, -0.1) is 0 Å². The van der Waals surface area contributed by atoms with Crippen LogP contribution >= 0.6 is 34.8 Å². The first-order valence-corrected chi connectivity index (χ1v) is 8.83. The van der Waals surface area contributed by atoms with Crippen LogP contribution in [0.15, 0.2) is 48.5 Å². The molecule has 0 N–H and O–H groups in total. The fraction of sp³-hybridized carbons (Fsp3) is 0.143. The molecule has 0 fully saturated rings. The van der Waals surface area contributed by atoms with Crippen LogP contribution in [-0.2, 0) is 0 Å². The zero-order valence-corrected chi connectivity index (χ0v) is 16.0. The topological polar surface area (TPSA) is 0 Å². The predicted molar refractivity (Wildman–Crippen MR) is 107 cm³/mol. The molecule has 0 heterocycles. The largest absolute Gasteiger partial charge is 0.0837 e. The van der Waals surface area contributed by atoms with Crippen LogP contribution in [0.5, 0.6) is 0 Å². The van der Waals surface area contributed by atoms with Crippen LogP contribution in [0.4, 0.5) is 0 Å². The van der Waals surface area contributed by atoms with Gasteiger partial charge in [0.15, 0.2) is 0 Å². The van der Waals surface area contributed by atoms with Gasteiger partial charge in [-0.05, 0) is 62.7 Å². The molecule has 3 heteroatoms. The van der Waals surface area contributed by atoms with Gasteiger partial charge in [0, 0.05) is 32.3 Å². The molecule has 0 aliphatic carbocycles. The van der Waals surface area contributed by atoms with Gasteiger partial charge in [0.1, 0.15) is 0 Å². The number of rotatable bonds is 2. The third-order valence-electron chi connectivity index (χ3n) is 4.04. The van der Waals surface area contributed by atoms with E-state index in [1.165, 1.54) is 0 Å². The summed E-state index contributed by atoms with van der Waals surface area (Å²) >= 11 is 19.6. The van der Waals surface area contributed by atoms with Crippen molar-refractivity contribution in [3.05, 3.63) is 80.3 Å². The molecule has 3 aromatic carbocycles. The van der Waals surface area contributed by atoms with Gasteiger partial charge in [-0.25, -0.2) is 0 Å². The molecule has 0 radical (unpaired) electrons. The van der Waals surface area contributed by atoms with E-state index in [9.17, 15) is 0 Å². The molecular formula is C21H17Cl3. The normalized spacial score (nSPS) is 10.9. The highest BCUT2D eigenvalue weighted by atomic mass is 35.5. The summed E-state index contributed by atoms with van der Waals surface area (Å²) in [6, 6.07) is 16.1. The van der Waals surface area contributed by atoms with Crippen molar-refractivity contribution < 1.29 is 0 Å². The number of benzene rings is 3. The molecule has 0 spiro atoms. The fourth-order valence-corrected chi connectivity index (χ4v) is 3.60. The minimum Gasteiger partial charge on any atom is -0.0837 e. The van der Waals surface area contributed by atoms with Crippen LogP contribution < -0.4 is 0 Å². The highest BCUT2D eigenvalue weighted by molar-refractivity contribution is 6.39. The van der Waals surface area contributed by atoms with Crippen LogP contribution in [-0.4, -0.2) is 0 Å². The maximum Gasteiger partial charge on any atom is 0.0564 e. The van der Waals surface area contributed by atoms with Gasteiger partial charge in [0.05, 0.1) is 5.02 Å². The first-order chi connectivity index (χ1) is 11.4. The molecule has 0 saturated heterocycles. The zero-order chi connectivity index (χ0) is 17.4. The van der Waals surface area contributed by atoms with Crippen molar-refractivity contribution in [3.8, 4) is 22.3 Å². The standard InChI is InChI=1S/C21H17Cl3/c1-12-4-6-19(22)15(8-12)17-10-14(3)11-18(21(17)24)16-9-13(2)5-7-20(16)23/h4-11H,1-3H3. The molecule has 0 nitrogen and oxygen atoms in total. The third-order valence-corrected chi connectivity index (χ3v) is 5.11. The van der Waals surface area contributed by atoms with E-state index in [0.717, 1.165) is 38.9 Å². The van der Waals surface area contributed by atoms with Gasteiger partial charge in [-0.3, -0.25) is 0 Å². The van der Waals surface area contributed by atoms with Crippen LogP contribution in [0.1, 0.15) is 16.7 Å². The van der Waals surface area contributed by atoms with Crippen molar-refractivity contribution >= 4 is 34.8 Å². The van der Waals surface area contributed by atoms with Crippen LogP contribution in [0, 0.1) is 20.8 Å². The van der Waals surface area contributed by atoms with Crippen molar-refractivity contribution in [2.24, 2.45) is 0 Å². The summed E-state index contributed by atoms with van der Waals surface area (Å²) in [6.45, 7) is 6.14. The lowest BCUT2D eigenvalue weighted by atomic mass is 9.95. The number of halogens is 3. The average molecular weight is 376 g/mol.